The summed E-state index contributed by atoms with van der Waals surface area (Å²) in [5.74, 6) is 1.62. The summed E-state index contributed by atoms with van der Waals surface area (Å²) in [5, 5.41) is 33.4. The second-order valence-corrected chi connectivity index (χ2v) is 7.67. The number of methoxy groups -OCH3 is 1. The van der Waals surface area contributed by atoms with Crippen molar-refractivity contribution in [2.75, 3.05) is 12.8 Å². The maximum absolute atomic E-state index is 9.87. The Morgan fingerprint density at radius 1 is 1.06 bits per heavy atom. The van der Waals surface area contributed by atoms with Gasteiger partial charge < -0.3 is 20.1 Å². The number of hydrogen-bond acceptors (Lipinski definition) is 10. The van der Waals surface area contributed by atoms with Gasteiger partial charge in [-0.15, -0.1) is 0 Å². The molecule has 33 heavy (non-hydrogen) atoms. The molecule has 0 aliphatic rings. The first kappa shape index (κ1) is 21.7. The summed E-state index contributed by atoms with van der Waals surface area (Å²) < 4.78 is 10.7. The number of nitrogen functional groups attached to an aromatic ring is 1. The van der Waals surface area contributed by atoms with Crippen molar-refractivity contribution in [3.63, 3.8) is 0 Å². The number of nitrogens with two attached hydrogens (primary N) is 1. The minimum Gasteiger partial charge on any atom is -0.508 e. The van der Waals surface area contributed by atoms with E-state index in [1.54, 1.807) is 25.3 Å². The summed E-state index contributed by atoms with van der Waals surface area (Å²) in [6.07, 6.45) is 0. The predicted molar refractivity (Wildman–Crippen MR) is 121 cm³/mol. The molecule has 2 heterocycles. The van der Waals surface area contributed by atoms with Crippen molar-refractivity contribution in [3.8, 4) is 46.2 Å². The normalized spacial score (nSPS) is 10.4. The summed E-state index contributed by atoms with van der Waals surface area (Å²) in [6.45, 7) is 0. The molecule has 0 saturated carbocycles. The van der Waals surface area contributed by atoms with E-state index in [9.17, 15) is 15.6 Å². The zero-order valence-electron chi connectivity index (χ0n) is 17.3. The highest BCUT2D eigenvalue weighted by atomic mass is 32.2. The molecule has 0 saturated heterocycles. The van der Waals surface area contributed by atoms with Crippen molar-refractivity contribution in [1.29, 1.82) is 10.5 Å². The van der Waals surface area contributed by atoms with Crippen LogP contribution in [0.2, 0.25) is 0 Å². The maximum atomic E-state index is 9.87. The van der Waals surface area contributed by atoms with E-state index in [4.69, 9.17) is 15.0 Å². The summed E-state index contributed by atoms with van der Waals surface area (Å²) in [6, 6.07) is 17.6. The number of benzene rings is 2. The highest BCUT2D eigenvalue weighted by molar-refractivity contribution is 7.98. The van der Waals surface area contributed by atoms with Crippen LogP contribution in [0.3, 0.4) is 0 Å². The summed E-state index contributed by atoms with van der Waals surface area (Å²) in [4.78, 5) is 8.67. The molecule has 2 aromatic heterocycles. The van der Waals surface area contributed by atoms with Gasteiger partial charge in [0.1, 0.15) is 40.0 Å². The first-order chi connectivity index (χ1) is 16.0. The lowest BCUT2D eigenvalue weighted by molar-refractivity contribution is 0.403. The summed E-state index contributed by atoms with van der Waals surface area (Å²) >= 11 is 1.20. The molecule has 10 heteroatoms. The molecule has 4 rings (SSSR count). The maximum Gasteiger partial charge on any atom is 0.261 e. The number of rotatable bonds is 6. The van der Waals surface area contributed by atoms with Gasteiger partial charge in [0.25, 0.3) is 5.89 Å². The fraction of sp³-hybridized carbons (Fsp3) is 0.0870. The number of phenols is 1. The Bertz CT molecular complexity index is 1400. The molecule has 0 radical (unpaired) electrons. The number of hydrogen-bond donors (Lipinski definition) is 2. The second kappa shape index (κ2) is 9.30. The van der Waals surface area contributed by atoms with Crippen LogP contribution in [0.15, 0.2) is 58.1 Å². The third-order valence-electron chi connectivity index (χ3n) is 4.72. The van der Waals surface area contributed by atoms with Gasteiger partial charge in [-0.25, -0.2) is 4.98 Å². The van der Waals surface area contributed by atoms with Gasteiger partial charge in [-0.3, -0.25) is 0 Å². The van der Waals surface area contributed by atoms with E-state index in [1.807, 2.05) is 24.3 Å². The van der Waals surface area contributed by atoms with Crippen molar-refractivity contribution >= 4 is 17.6 Å². The standard InChI is InChI=1S/C23H16N6O3S/c1-31-18-5-3-2-4-15(18)22-27-19(29-32-22)12-33-23-17(11-25)20(16(10-24)21(26)28-23)13-6-8-14(30)9-7-13/h2-9,30H,12H2,1H3,(H2,26,28). The quantitative estimate of drug-likeness (QED) is 0.404. The Balaban J connectivity index is 1.67. The number of nitriles is 2. The SMILES string of the molecule is COc1ccccc1-c1nc(CSc2nc(N)c(C#N)c(-c3ccc(O)cc3)c2C#N)no1. The molecule has 0 spiro atoms. The van der Waals surface area contributed by atoms with Gasteiger partial charge in [0.2, 0.25) is 0 Å². The molecule has 4 aromatic rings. The number of nitrogens with zero attached hydrogens (tertiary/aromatic N) is 5. The van der Waals surface area contributed by atoms with E-state index in [2.05, 4.69) is 21.2 Å². The minimum absolute atomic E-state index is 0.00454. The van der Waals surface area contributed by atoms with Gasteiger partial charge in [0, 0.05) is 5.56 Å². The lowest BCUT2D eigenvalue weighted by Crippen LogP contribution is -2.03. The molecule has 0 aliphatic carbocycles. The van der Waals surface area contributed by atoms with Crippen LogP contribution < -0.4 is 10.5 Å². The topological polar surface area (TPSA) is 155 Å². The van der Waals surface area contributed by atoms with Crippen molar-refractivity contribution < 1.29 is 14.4 Å². The van der Waals surface area contributed by atoms with E-state index in [0.29, 0.717) is 39.2 Å². The molecular formula is C23H16N6O3S. The van der Waals surface area contributed by atoms with Crippen LogP contribution in [0.4, 0.5) is 5.82 Å². The monoisotopic (exact) mass is 456 g/mol. The fourth-order valence-corrected chi connectivity index (χ4v) is 4.03. The van der Waals surface area contributed by atoms with Crippen LogP contribution in [0.5, 0.6) is 11.5 Å². The Kier molecular flexibility index (Phi) is 6.11. The third kappa shape index (κ3) is 4.28. The Hall–Kier alpha value is -4.54. The van der Waals surface area contributed by atoms with Crippen LogP contribution in [-0.4, -0.2) is 27.3 Å². The molecule has 2 aromatic carbocycles. The molecule has 0 bridgehead atoms. The van der Waals surface area contributed by atoms with Crippen molar-refractivity contribution in [2.24, 2.45) is 0 Å². The number of aromatic hydroxyl groups is 1. The third-order valence-corrected chi connectivity index (χ3v) is 5.69. The zero-order chi connectivity index (χ0) is 23.4. The number of thioether (sulfide) groups is 1. The predicted octanol–water partition coefficient (Wildman–Crippen LogP) is 4.13. The van der Waals surface area contributed by atoms with E-state index < -0.39 is 0 Å². The molecule has 9 nitrogen and oxygen atoms in total. The number of anilines is 1. The van der Waals surface area contributed by atoms with Crippen molar-refractivity contribution in [1.82, 2.24) is 15.1 Å². The first-order valence-corrected chi connectivity index (χ1v) is 10.6. The van der Waals surface area contributed by atoms with Gasteiger partial charge in [-0.1, -0.05) is 41.2 Å². The van der Waals surface area contributed by atoms with E-state index in [-0.39, 0.29) is 28.4 Å². The molecule has 0 amide bonds. The fourth-order valence-electron chi connectivity index (χ4n) is 3.20. The largest absolute Gasteiger partial charge is 0.508 e. The molecule has 0 aliphatic heterocycles. The Morgan fingerprint density at radius 3 is 2.48 bits per heavy atom. The number of phenolic OH excluding ortho intramolecular Hbond substituents is 1. The smallest absolute Gasteiger partial charge is 0.261 e. The second-order valence-electron chi connectivity index (χ2n) is 6.70. The van der Waals surface area contributed by atoms with E-state index >= 15 is 0 Å². The zero-order valence-corrected chi connectivity index (χ0v) is 18.1. The van der Waals surface area contributed by atoms with Gasteiger partial charge in [-0.2, -0.15) is 15.5 Å². The van der Waals surface area contributed by atoms with Gasteiger partial charge in [0.15, 0.2) is 5.82 Å². The first-order valence-electron chi connectivity index (χ1n) is 9.57. The minimum atomic E-state index is 0.00454. The number of para-hydroxylation sites is 1. The molecule has 0 fully saturated rings. The van der Waals surface area contributed by atoms with E-state index in [1.165, 1.54) is 23.9 Å². The van der Waals surface area contributed by atoms with Gasteiger partial charge in [0.05, 0.1) is 24.0 Å². The summed E-state index contributed by atoms with van der Waals surface area (Å²) in [5.41, 5.74) is 7.92. The number of aromatic nitrogens is 3. The molecule has 162 valence electrons. The lowest BCUT2D eigenvalue weighted by Gasteiger charge is -2.12. The number of ether oxygens (including phenoxy) is 1. The van der Waals surface area contributed by atoms with Crippen LogP contribution in [-0.2, 0) is 5.75 Å². The Labute approximate surface area is 193 Å². The average molecular weight is 456 g/mol. The summed E-state index contributed by atoms with van der Waals surface area (Å²) in [7, 11) is 1.56. The molecule has 0 unspecified atom stereocenters. The van der Waals surface area contributed by atoms with Crippen molar-refractivity contribution in [2.45, 2.75) is 10.8 Å². The Morgan fingerprint density at radius 2 is 1.79 bits per heavy atom. The van der Waals surface area contributed by atoms with Crippen LogP contribution in [0.25, 0.3) is 22.6 Å². The average Bonchev–Trinajstić information content (AvgIpc) is 3.31. The highest BCUT2D eigenvalue weighted by Crippen LogP contribution is 2.37. The highest BCUT2D eigenvalue weighted by Gasteiger charge is 2.21. The number of pyridine rings is 1. The van der Waals surface area contributed by atoms with E-state index in [0.717, 1.165) is 0 Å². The van der Waals surface area contributed by atoms with Crippen LogP contribution in [0.1, 0.15) is 17.0 Å². The molecular weight excluding hydrogens is 440 g/mol. The lowest BCUT2D eigenvalue weighted by atomic mass is 9.97. The van der Waals surface area contributed by atoms with Gasteiger partial charge in [-0.05, 0) is 29.8 Å². The molecule has 3 N–H and O–H groups in total. The molecule has 0 atom stereocenters. The van der Waals surface area contributed by atoms with Crippen LogP contribution >= 0.6 is 11.8 Å². The van der Waals surface area contributed by atoms with Gasteiger partial charge >= 0.3 is 0 Å². The van der Waals surface area contributed by atoms with Crippen molar-refractivity contribution in [3.05, 3.63) is 65.5 Å². The van der Waals surface area contributed by atoms with Crippen LogP contribution in [0, 0.1) is 22.7 Å².